The quantitative estimate of drug-likeness (QED) is 0.849. The highest BCUT2D eigenvalue weighted by Gasteiger charge is 2.31. The Balaban J connectivity index is 1.79. The number of rotatable bonds is 2. The third-order valence-corrected chi connectivity index (χ3v) is 4.14. The van der Waals surface area contributed by atoms with Crippen LogP contribution in [0.1, 0.15) is 43.5 Å². The number of fused-ring (bicyclic) bond motifs is 1. The monoisotopic (exact) mass is 256 g/mol. The first-order chi connectivity index (χ1) is 9.05. The first-order valence-corrected chi connectivity index (χ1v) is 6.92. The molecule has 3 rings (SSSR count). The Bertz CT molecular complexity index is 612. The number of carbonyl (C=O) groups excluding carboxylic acids is 1. The van der Waals surface area contributed by atoms with Crippen molar-refractivity contribution in [1.29, 1.82) is 0 Å². The van der Waals surface area contributed by atoms with E-state index in [-0.39, 0.29) is 5.91 Å². The molecule has 1 aliphatic carbocycles. The average Bonchev–Trinajstić information content (AvgIpc) is 2.94. The van der Waals surface area contributed by atoms with Gasteiger partial charge in [-0.25, -0.2) is 0 Å². The summed E-state index contributed by atoms with van der Waals surface area (Å²) < 4.78 is 0. The zero-order chi connectivity index (χ0) is 13.5. The van der Waals surface area contributed by atoms with E-state index in [1.807, 2.05) is 30.5 Å². The fraction of sp³-hybridized carbons (Fsp3) is 0.438. The molecule has 1 aromatic carbocycles. The Morgan fingerprint density at radius 2 is 2.21 bits per heavy atom. The molecule has 3 heteroatoms. The van der Waals surface area contributed by atoms with Crippen molar-refractivity contribution in [3.05, 3.63) is 36.0 Å². The minimum atomic E-state index is 0.0490. The molecule has 1 heterocycles. The average molecular weight is 256 g/mol. The first kappa shape index (κ1) is 12.3. The van der Waals surface area contributed by atoms with Crippen molar-refractivity contribution < 1.29 is 4.79 Å². The van der Waals surface area contributed by atoms with E-state index in [2.05, 4.69) is 24.1 Å². The van der Waals surface area contributed by atoms with Gasteiger partial charge in [-0.2, -0.15) is 0 Å². The second-order valence-corrected chi connectivity index (χ2v) is 6.32. The van der Waals surface area contributed by atoms with E-state index in [1.165, 1.54) is 6.42 Å². The van der Waals surface area contributed by atoms with Crippen molar-refractivity contribution in [2.75, 3.05) is 0 Å². The molecular formula is C16H20N2O. The molecule has 1 aromatic heterocycles. The lowest BCUT2D eigenvalue weighted by Gasteiger charge is -2.18. The summed E-state index contributed by atoms with van der Waals surface area (Å²) in [5, 5.41) is 4.18. The lowest BCUT2D eigenvalue weighted by atomic mass is 9.92. The Hall–Kier alpha value is -1.77. The molecule has 1 atom stereocenters. The summed E-state index contributed by atoms with van der Waals surface area (Å²) in [4.78, 5) is 15.5. The molecule has 1 saturated carbocycles. The predicted molar refractivity (Wildman–Crippen MR) is 77.2 cm³/mol. The fourth-order valence-electron chi connectivity index (χ4n) is 3.11. The van der Waals surface area contributed by atoms with Gasteiger partial charge in [-0.1, -0.05) is 19.9 Å². The molecule has 100 valence electrons. The van der Waals surface area contributed by atoms with Gasteiger partial charge >= 0.3 is 0 Å². The summed E-state index contributed by atoms with van der Waals surface area (Å²) in [6.07, 6.45) is 5.22. The largest absolute Gasteiger partial charge is 0.361 e. The molecule has 3 nitrogen and oxygen atoms in total. The van der Waals surface area contributed by atoms with Crippen LogP contribution in [0.25, 0.3) is 10.9 Å². The highest BCUT2D eigenvalue weighted by molar-refractivity contribution is 6.06. The molecule has 1 amide bonds. The Morgan fingerprint density at radius 3 is 2.95 bits per heavy atom. The standard InChI is InChI=1S/C16H20N2O/c1-16(2)8-6-11(10-16)18-15(19)13-4-3-5-14-12(13)7-9-17-14/h3-5,7,9,11,17H,6,8,10H2,1-2H3,(H,18,19). The molecule has 1 fully saturated rings. The zero-order valence-electron chi connectivity index (χ0n) is 11.5. The van der Waals surface area contributed by atoms with Crippen LogP contribution in [0.3, 0.4) is 0 Å². The normalized spacial score (nSPS) is 21.7. The summed E-state index contributed by atoms with van der Waals surface area (Å²) in [5.74, 6) is 0.0490. The minimum absolute atomic E-state index is 0.0490. The topological polar surface area (TPSA) is 44.9 Å². The van der Waals surface area contributed by atoms with E-state index >= 15 is 0 Å². The van der Waals surface area contributed by atoms with Crippen molar-refractivity contribution in [2.24, 2.45) is 5.41 Å². The van der Waals surface area contributed by atoms with Crippen LogP contribution in [-0.2, 0) is 0 Å². The molecule has 1 aliphatic rings. The van der Waals surface area contributed by atoms with Gasteiger partial charge in [0.05, 0.1) is 0 Å². The Kier molecular flexibility index (Phi) is 2.85. The number of hydrogen-bond acceptors (Lipinski definition) is 1. The van der Waals surface area contributed by atoms with E-state index in [0.717, 1.165) is 29.3 Å². The number of carbonyl (C=O) groups is 1. The summed E-state index contributed by atoms with van der Waals surface area (Å²) in [7, 11) is 0. The summed E-state index contributed by atoms with van der Waals surface area (Å²) >= 11 is 0. The minimum Gasteiger partial charge on any atom is -0.361 e. The van der Waals surface area contributed by atoms with E-state index in [1.54, 1.807) is 0 Å². The van der Waals surface area contributed by atoms with Crippen molar-refractivity contribution in [3.8, 4) is 0 Å². The maximum absolute atomic E-state index is 12.4. The van der Waals surface area contributed by atoms with Crippen LogP contribution in [0.2, 0.25) is 0 Å². The number of benzene rings is 1. The molecule has 2 aromatic rings. The maximum Gasteiger partial charge on any atom is 0.252 e. The summed E-state index contributed by atoms with van der Waals surface area (Å²) in [6.45, 7) is 4.54. The number of H-pyrrole nitrogens is 1. The third-order valence-electron chi connectivity index (χ3n) is 4.14. The van der Waals surface area contributed by atoms with Gasteiger partial charge in [-0.15, -0.1) is 0 Å². The van der Waals surface area contributed by atoms with Crippen LogP contribution in [0.15, 0.2) is 30.5 Å². The van der Waals surface area contributed by atoms with Crippen molar-refractivity contribution in [2.45, 2.75) is 39.2 Å². The highest BCUT2D eigenvalue weighted by atomic mass is 16.1. The number of aromatic amines is 1. The van der Waals surface area contributed by atoms with Crippen LogP contribution in [0.4, 0.5) is 0 Å². The Morgan fingerprint density at radius 1 is 1.37 bits per heavy atom. The van der Waals surface area contributed by atoms with Gasteiger partial charge in [0, 0.05) is 28.7 Å². The van der Waals surface area contributed by atoms with Gasteiger partial charge in [-0.3, -0.25) is 4.79 Å². The molecule has 0 saturated heterocycles. The first-order valence-electron chi connectivity index (χ1n) is 6.92. The van der Waals surface area contributed by atoms with E-state index in [9.17, 15) is 4.79 Å². The van der Waals surface area contributed by atoms with E-state index < -0.39 is 0 Å². The fourth-order valence-corrected chi connectivity index (χ4v) is 3.11. The number of nitrogens with one attached hydrogen (secondary N) is 2. The summed E-state index contributed by atoms with van der Waals surface area (Å²) in [5.41, 5.74) is 2.14. The van der Waals surface area contributed by atoms with Gasteiger partial charge in [0.15, 0.2) is 0 Å². The molecule has 0 spiro atoms. The number of aromatic nitrogens is 1. The lowest BCUT2D eigenvalue weighted by molar-refractivity contribution is 0.0937. The van der Waals surface area contributed by atoms with Gasteiger partial charge in [0.2, 0.25) is 0 Å². The van der Waals surface area contributed by atoms with Gasteiger partial charge < -0.3 is 10.3 Å². The number of amides is 1. The predicted octanol–water partition coefficient (Wildman–Crippen LogP) is 3.48. The smallest absolute Gasteiger partial charge is 0.252 e. The summed E-state index contributed by atoms with van der Waals surface area (Å²) in [6, 6.07) is 8.09. The van der Waals surface area contributed by atoms with E-state index in [0.29, 0.717) is 11.5 Å². The molecule has 1 unspecified atom stereocenters. The van der Waals surface area contributed by atoms with Crippen LogP contribution in [0, 0.1) is 5.41 Å². The molecule has 0 radical (unpaired) electrons. The number of hydrogen-bond donors (Lipinski definition) is 2. The van der Waals surface area contributed by atoms with Gasteiger partial charge in [-0.05, 0) is 42.9 Å². The van der Waals surface area contributed by atoms with Crippen molar-refractivity contribution in [1.82, 2.24) is 10.3 Å². The SMILES string of the molecule is CC1(C)CCC(NC(=O)c2cccc3[nH]ccc23)C1. The Labute approximate surface area is 113 Å². The molecule has 0 bridgehead atoms. The van der Waals surface area contributed by atoms with Gasteiger partial charge in [0.1, 0.15) is 0 Å². The highest BCUT2D eigenvalue weighted by Crippen LogP contribution is 2.37. The lowest BCUT2D eigenvalue weighted by Crippen LogP contribution is -2.33. The molecular weight excluding hydrogens is 236 g/mol. The zero-order valence-corrected chi connectivity index (χ0v) is 11.5. The van der Waals surface area contributed by atoms with Crippen molar-refractivity contribution in [3.63, 3.8) is 0 Å². The van der Waals surface area contributed by atoms with Crippen LogP contribution >= 0.6 is 0 Å². The second-order valence-electron chi connectivity index (χ2n) is 6.32. The maximum atomic E-state index is 12.4. The molecule has 0 aliphatic heterocycles. The second kappa shape index (κ2) is 4.41. The van der Waals surface area contributed by atoms with Crippen molar-refractivity contribution >= 4 is 16.8 Å². The third kappa shape index (κ3) is 2.37. The van der Waals surface area contributed by atoms with Crippen LogP contribution in [0.5, 0.6) is 0 Å². The molecule has 2 N–H and O–H groups in total. The van der Waals surface area contributed by atoms with Crippen LogP contribution < -0.4 is 5.32 Å². The van der Waals surface area contributed by atoms with E-state index in [4.69, 9.17) is 0 Å². The van der Waals surface area contributed by atoms with Gasteiger partial charge in [0.25, 0.3) is 5.91 Å². The van der Waals surface area contributed by atoms with Crippen LogP contribution in [-0.4, -0.2) is 16.9 Å². The molecule has 19 heavy (non-hydrogen) atoms.